The van der Waals surface area contributed by atoms with Crippen LogP contribution in [0.3, 0.4) is 0 Å². The van der Waals surface area contributed by atoms with E-state index in [1.54, 1.807) is 12.1 Å². The van der Waals surface area contributed by atoms with E-state index >= 15 is 0 Å². The predicted molar refractivity (Wildman–Crippen MR) is 111 cm³/mol. The molecule has 0 aromatic heterocycles. The zero-order valence-electron chi connectivity index (χ0n) is 15.9. The van der Waals surface area contributed by atoms with E-state index in [2.05, 4.69) is 22.4 Å². The van der Waals surface area contributed by atoms with Gasteiger partial charge in [0.2, 0.25) is 0 Å². The van der Waals surface area contributed by atoms with Gasteiger partial charge in [-0.15, -0.1) is 0 Å². The minimum Gasteiger partial charge on any atom is -0.490 e. The topological polar surface area (TPSA) is 62.1 Å². The number of rotatable bonds is 6. The Balaban J connectivity index is 1.81. The Kier molecular flexibility index (Phi) is 4.81. The third-order valence-electron chi connectivity index (χ3n) is 4.73. The van der Waals surface area contributed by atoms with Crippen LogP contribution in [-0.2, 0) is 0 Å². The van der Waals surface area contributed by atoms with Crippen LogP contribution in [0.2, 0.25) is 5.02 Å². The summed E-state index contributed by atoms with van der Waals surface area (Å²) in [5.74, 6) is 1.79. The Hall–Kier alpha value is -2.86. The molecule has 28 heavy (non-hydrogen) atoms. The second-order valence-electron chi connectivity index (χ2n) is 6.46. The third kappa shape index (κ3) is 3.03. The summed E-state index contributed by atoms with van der Waals surface area (Å²) >= 11 is 5.90. The summed E-state index contributed by atoms with van der Waals surface area (Å²) in [6.45, 7) is 7.08. The van der Waals surface area contributed by atoms with E-state index in [0.29, 0.717) is 18.9 Å². The van der Waals surface area contributed by atoms with Gasteiger partial charge < -0.3 is 14.8 Å². The second-order valence-corrected chi connectivity index (χ2v) is 6.87. The van der Waals surface area contributed by atoms with Crippen molar-refractivity contribution >= 4 is 33.9 Å². The summed E-state index contributed by atoms with van der Waals surface area (Å²) in [4.78, 5) is 0. The van der Waals surface area contributed by atoms with Gasteiger partial charge in [-0.1, -0.05) is 11.6 Å². The van der Waals surface area contributed by atoms with Gasteiger partial charge in [0.15, 0.2) is 11.5 Å². The van der Waals surface area contributed by atoms with Crippen molar-refractivity contribution in [3.8, 4) is 22.8 Å². The number of hydrogen-bond acceptors (Lipinski definition) is 3. The molecule has 1 aliphatic carbocycles. The molecule has 3 N–H and O–H groups in total. The summed E-state index contributed by atoms with van der Waals surface area (Å²) in [6, 6.07) is 8.56. The van der Waals surface area contributed by atoms with Gasteiger partial charge in [-0.2, -0.15) is 0 Å². The maximum absolute atomic E-state index is 13.4. The maximum Gasteiger partial charge on any atom is 0.161 e. The van der Waals surface area contributed by atoms with Crippen molar-refractivity contribution in [3.05, 3.63) is 46.7 Å². The van der Waals surface area contributed by atoms with E-state index in [0.717, 1.165) is 44.9 Å². The SMILES string of the molecule is CCOc1cc2c3[nH][nH]c(Nc4ccc(F)c(Cl)c4)c-3c(C)c2cc1OCC. The van der Waals surface area contributed by atoms with E-state index < -0.39 is 5.82 Å². The van der Waals surface area contributed by atoms with Crippen molar-refractivity contribution in [2.75, 3.05) is 18.5 Å². The quantitative estimate of drug-likeness (QED) is 0.358. The second kappa shape index (κ2) is 7.28. The molecule has 0 atom stereocenters. The number of aromatic nitrogens is 2. The van der Waals surface area contributed by atoms with Gasteiger partial charge in [0.05, 0.1) is 23.9 Å². The number of benzene rings is 2. The fourth-order valence-electron chi connectivity index (χ4n) is 3.51. The third-order valence-corrected chi connectivity index (χ3v) is 5.02. The highest BCUT2D eigenvalue weighted by Crippen LogP contribution is 2.46. The van der Waals surface area contributed by atoms with Gasteiger partial charge in [-0.3, -0.25) is 10.2 Å². The fourth-order valence-corrected chi connectivity index (χ4v) is 3.69. The normalized spacial score (nSPS) is 11.3. The van der Waals surface area contributed by atoms with Crippen molar-refractivity contribution in [3.63, 3.8) is 0 Å². The zero-order chi connectivity index (χ0) is 19.8. The number of hydrogen-bond donors (Lipinski definition) is 3. The molecule has 4 rings (SSSR count). The minimum absolute atomic E-state index is 0.0730. The summed E-state index contributed by atoms with van der Waals surface area (Å²) < 4.78 is 25.0. The predicted octanol–water partition coefficient (Wildman–Crippen LogP) is 6.24. The van der Waals surface area contributed by atoms with Crippen LogP contribution in [0.5, 0.6) is 11.5 Å². The standard InChI is InChI=1S/C21H21ClFN3O2/c1-4-27-17-9-13-11(3)19-20(14(13)10-18(17)28-5-2)25-26-21(19)24-12-6-7-16(23)15(22)8-12/h6-10,24-26H,4-5H2,1-3H3. The number of halogens is 2. The average Bonchev–Trinajstić information content (AvgIpc) is 3.19. The van der Waals surface area contributed by atoms with Crippen LogP contribution < -0.4 is 14.8 Å². The van der Waals surface area contributed by atoms with Crippen LogP contribution in [0, 0.1) is 12.7 Å². The molecule has 1 aliphatic heterocycles. The zero-order valence-corrected chi connectivity index (χ0v) is 16.6. The van der Waals surface area contributed by atoms with Crippen molar-refractivity contribution in [1.82, 2.24) is 10.2 Å². The number of nitrogens with one attached hydrogen (secondary N) is 3. The Morgan fingerprint density at radius 1 is 1.00 bits per heavy atom. The van der Waals surface area contributed by atoms with Crippen LogP contribution in [0.15, 0.2) is 30.3 Å². The first-order valence-corrected chi connectivity index (χ1v) is 9.55. The molecule has 0 amide bonds. The van der Waals surface area contributed by atoms with Crippen LogP contribution in [0.1, 0.15) is 19.4 Å². The molecule has 2 aromatic rings. The van der Waals surface area contributed by atoms with Gasteiger partial charge in [0.1, 0.15) is 11.6 Å². The molecule has 146 valence electrons. The number of aryl methyl sites for hydroxylation is 1. The molecule has 0 saturated heterocycles. The Bertz CT molecular complexity index is 1120. The monoisotopic (exact) mass is 401 g/mol. The minimum atomic E-state index is -0.447. The molecule has 0 spiro atoms. The van der Waals surface area contributed by atoms with E-state index in [-0.39, 0.29) is 5.02 Å². The van der Waals surface area contributed by atoms with Gasteiger partial charge in [-0.05, 0) is 62.1 Å². The number of fused-ring (bicyclic) bond motifs is 3. The van der Waals surface area contributed by atoms with E-state index in [1.807, 2.05) is 26.0 Å². The summed E-state index contributed by atoms with van der Waals surface area (Å²) in [7, 11) is 0. The molecular weight excluding hydrogens is 381 g/mol. The number of H-pyrrole nitrogens is 2. The van der Waals surface area contributed by atoms with Gasteiger partial charge in [0, 0.05) is 16.6 Å². The highest BCUT2D eigenvalue weighted by Gasteiger charge is 2.23. The molecule has 0 saturated carbocycles. The van der Waals surface area contributed by atoms with Crippen LogP contribution in [0.25, 0.3) is 22.0 Å². The molecule has 7 heteroatoms. The lowest BCUT2D eigenvalue weighted by Gasteiger charge is -2.11. The molecule has 0 bridgehead atoms. The van der Waals surface area contributed by atoms with Gasteiger partial charge in [-0.25, -0.2) is 4.39 Å². The van der Waals surface area contributed by atoms with Crippen molar-refractivity contribution in [1.29, 1.82) is 0 Å². The van der Waals surface area contributed by atoms with E-state index in [4.69, 9.17) is 21.1 Å². The number of ether oxygens (including phenoxy) is 2. The molecule has 5 nitrogen and oxygen atoms in total. The molecule has 2 aromatic carbocycles. The van der Waals surface area contributed by atoms with Crippen LogP contribution in [0.4, 0.5) is 15.9 Å². The summed E-state index contributed by atoms with van der Waals surface area (Å²) in [6.07, 6.45) is 0. The van der Waals surface area contributed by atoms with Gasteiger partial charge >= 0.3 is 0 Å². The summed E-state index contributed by atoms with van der Waals surface area (Å²) in [5, 5.41) is 11.9. The lowest BCUT2D eigenvalue weighted by atomic mass is 10.1. The maximum atomic E-state index is 13.4. The van der Waals surface area contributed by atoms with E-state index in [9.17, 15) is 4.39 Å². The lowest BCUT2D eigenvalue weighted by molar-refractivity contribution is 0.288. The lowest BCUT2D eigenvalue weighted by Crippen LogP contribution is -1.98. The molecule has 2 aliphatic rings. The number of anilines is 2. The Labute approximate surface area is 167 Å². The average molecular weight is 402 g/mol. The van der Waals surface area contributed by atoms with E-state index in [1.165, 1.54) is 6.07 Å². The van der Waals surface area contributed by atoms with Crippen molar-refractivity contribution in [2.24, 2.45) is 0 Å². The first-order valence-electron chi connectivity index (χ1n) is 9.17. The summed E-state index contributed by atoms with van der Waals surface area (Å²) in [5.41, 5.74) is 3.78. The fraction of sp³-hybridized carbons (Fsp3) is 0.238. The Morgan fingerprint density at radius 2 is 1.68 bits per heavy atom. The highest BCUT2D eigenvalue weighted by molar-refractivity contribution is 6.31. The molecule has 0 fully saturated rings. The molecule has 1 heterocycles. The van der Waals surface area contributed by atoms with Crippen molar-refractivity contribution in [2.45, 2.75) is 20.8 Å². The first-order chi connectivity index (χ1) is 13.5. The first kappa shape index (κ1) is 18.5. The van der Waals surface area contributed by atoms with Gasteiger partial charge in [0.25, 0.3) is 0 Å². The molecular formula is C21H21ClFN3O2. The van der Waals surface area contributed by atoms with Crippen LogP contribution in [-0.4, -0.2) is 23.4 Å². The van der Waals surface area contributed by atoms with Crippen molar-refractivity contribution < 1.29 is 13.9 Å². The Morgan fingerprint density at radius 3 is 2.32 bits per heavy atom. The molecule has 0 radical (unpaired) electrons. The molecule has 0 unspecified atom stereocenters. The highest BCUT2D eigenvalue weighted by atomic mass is 35.5. The van der Waals surface area contributed by atoms with Crippen LogP contribution >= 0.6 is 11.6 Å². The number of aromatic amines is 2. The smallest absolute Gasteiger partial charge is 0.161 e. The largest absolute Gasteiger partial charge is 0.490 e.